The van der Waals surface area contributed by atoms with Crippen LogP contribution in [0.3, 0.4) is 0 Å². The molecule has 1 atom stereocenters. The van der Waals surface area contributed by atoms with Crippen molar-refractivity contribution in [1.29, 1.82) is 0 Å². The zero-order valence-corrected chi connectivity index (χ0v) is 13.5. The van der Waals surface area contributed by atoms with Gasteiger partial charge in [0.05, 0.1) is 5.92 Å². The Morgan fingerprint density at radius 3 is 2.57 bits per heavy atom. The first-order valence-electron chi connectivity index (χ1n) is 7.47. The van der Waals surface area contributed by atoms with Crippen LogP contribution in [-0.2, 0) is 4.79 Å². The van der Waals surface area contributed by atoms with Gasteiger partial charge in [0.25, 0.3) is 0 Å². The zero-order chi connectivity index (χ0) is 15.6. The Morgan fingerprint density at radius 1 is 1.38 bits per heavy atom. The number of rotatable bonds is 6. The van der Waals surface area contributed by atoms with E-state index in [2.05, 4.69) is 15.6 Å². The third kappa shape index (κ3) is 3.43. The summed E-state index contributed by atoms with van der Waals surface area (Å²) in [4.78, 5) is 23.1. The molecule has 116 valence electrons. The molecule has 1 saturated carbocycles. The van der Waals surface area contributed by atoms with Gasteiger partial charge in [0.15, 0.2) is 0 Å². The molecule has 6 heteroatoms. The smallest absolute Gasteiger partial charge is 0.224 e. The Balaban J connectivity index is 2.24. The first-order chi connectivity index (χ1) is 9.97. The van der Waals surface area contributed by atoms with E-state index in [0.717, 1.165) is 23.0 Å². The summed E-state index contributed by atoms with van der Waals surface area (Å²) in [5.41, 5.74) is 1.02. The monoisotopic (exact) mass is 291 g/mol. The molecule has 1 amide bonds. The SMILES string of the molecule is CNC(=O)C(C)CN(C)c1nc(C2CC2)nc(NC)c1C. The number of aromatic nitrogens is 2. The lowest BCUT2D eigenvalue weighted by molar-refractivity contribution is -0.123. The summed E-state index contributed by atoms with van der Waals surface area (Å²) in [6, 6.07) is 0. The summed E-state index contributed by atoms with van der Waals surface area (Å²) in [6.45, 7) is 4.57. The van der Waals surface area contributed by atoms with Gasteiger partial charge in [-0.05, 0) is 19.8 Å². The van der Waals surface area contributed by atoms with Gasteiger partial charge in [-0.1, -0.05) is 6.92 Å². The van der Waals surface area contributed by atoms with Gasteiger partial charge in [-0.2, -0.15) is 0 Å². The van der Waals surface area contributed by atoms with Gasteiger partial charge in [-0.3, -0.25) is 4.79 Å². The number of carbonyl (C=O) groups is 1. The molecule has 1 heterocycles. The predicted octanol–water partition coefficient (Wildman–Crippen LogP) is 1.52. The van der Waals surface area contributed by atoms with E-state index in [-0.39, 0.29) is 11.8 Å². The number of nitrogens with zero attached hydrogens (tertiary/aromatic N) is 3. The second-order valence-corrected chi connectivity index (χ2v) is 5.80. The fourth-order valence-corrected chi connectivity index (χ4v) is 2.49. The highest BCUT2D eigenvalue weighted by Gasteiger charge is 2.29. The van der Waals surface area contributed by atoms with Crippen LogP contribution in [0.4, 0.5) is 11.6 Å². The number of nitrogens with one attached hydrogen (secondary N) is 2. The standard InChI is InChI=1S/C15H25N5O/c1-9(15(21)17-4)8-20(5)14-10(2)12(16-3)18-13(19-14)11-6-7-11/h9,11H,6-8H2,1-5H3,(H,17,21)(H,16,18,19). The Hall–Kier alpha value is -1.85. The molecule has 0 bridgehead atoms. The topological polar surface area (TPSA) is 70.2 Å². The molecule has 6 nitrogen and oxygen atoms in total. The third-order valence-corrected chi connectivity index (χ3v) is 3.92. The van der Waals surface area contributed by atoms with Crippen molar-refractivity contribution < 1.29 is 4.79 Å². The van der Waals surface area contributed by atoms with Crippen molar-refractivity contribution in [1.82, 2.24) is 15.3 Å². The quantitative estimate of drug-likeness (QED) is 0.831. The van der Waals surface area contributed by atoms with Crippen LogP contribution >= 0.6 is 0 Å². The summed E-state index contributed by atoms with van der Waals surface area (Å²) in [5, 5.41) is 5.83. The van der Waals surface area contributed by atoms with Crippen molar-refractivity contribution in [3.8, 4) is 0 Å². The van der Waals surface area contributed by atoms with E-state index in [1.807, 2.05) is 32.8 Å². The summed E-state index contributed by atoms with van der Waals surface area (Å²) < 4.78 is 0. The van der Waals surface area contributed by atoms with Crippen LogP contribution in [0.1, 0.15) is 37.1 Å². The summed E-state index contributed by atoms with van der Waals surface area (Å²) >= 11 is 0. The van der Waals surface area contributed by atoms with Crippen molar-refractivity contribution >= 4 is 17.5 Å². The summed E-state index contributed by atoms with van der Waals surface area (Å²) in [6.07, 6.45) is 2.34. The van der Waals surface area contributed by atoms with E-state index in [0.29, 0.717) is 12.5 Å². The maximum Gasteiger partial charge on any atom is 0.224 e. The van der Waals surface area contributed by atoms with Crippen LogP contribution in [0, 0.1) is 12.8 Å². The van der Waals surface area contributed by atoms with E-state index in [4.69, 9.17) is 4.98 Å². The minimum atomic E-state index is -0.0863. The maximum absolute atomic E-state index is 11.7. The first-order valence-corrected chi connectivity index (χ1v) is 7.47. The fraction of sp³-hybridized carbons (Fsp3) is 0.667. The van der Waals surface area contributed by atoms with Crippen LogP contribution in [0.2, 0.25) is 0 Å². The van der Waals surface area contributed by atoms with Gasteiger partial charge in [0.2, 0.25) is 5.91 Å². The summed E-state index contributed by atoms with van der Waals surface area (Å²) in [5.74, 6) is 3.16. The molecule has 1 aromatic heterocycles. The Bertz CT molecular complexity index is 527. The average molecular weight is 291 g/mol. The van der Waals surface area contributed by atoms with Crippen LogP contribution in [-0.4, -0.2) is 43.6 Å². The van der Waals surface area contributed by atoms with Crippen LogP contribution in [0.5, 0.6) is 0 Å². The van der Waals surface area contributed by atoms with Crippen molar-refractivity contribution in [2.24, 2.45) is 5.92 Å². The number of hydrogen-bond donors (Lipinski definition) is 2. The van der Waals surface area contributed by atoms with Crippen LogP contribution < -0.4 is 15.5 Å². The van der Waals surface area contributed by atoms with Crippen LogP contribution in [0.25, 0.3) is 0 Å². The molecule has 1 aliphatic rings. The molecule has 0 spiro atoms. The summed E-state index contributed by atoms with van der Waals surface area (Å²) in [7, 11) is 5.52. The Morgan fingerprint density at radius 2 is 2.05 bits per heavy atom. The molecule has 2 N–H and O–H groups in total. The molecular formula is C15H25N5O. The van der Waals surface area contributed by atoms with Gasteiger partial charge in [-0.25, -0.2) is 9.97 Å². The minimum absolute atomic E-state index is 0.0461. The predicted molar refractivity (Wildman–Crippen MR) is 84.8 cm³/mol. The normalized spacial score (nSPS) is 15.5. The number of carbonyl (C=O) groups excluding carboxylic acids is 1. The van der Waals surface area contributed by atoms with Gasteiger partial charge in [0.1, 0.15) is 17.5 Å². The number of hydrogen-bond acceptors (Lipinski definition) is 5. The van der Waals surface area contributed by atoms with Gasteiger partial charge >= 0.3 is 0 Å². The highest BCUT2D eigenvalue weighted by Crippen LogP contribution is 2.39. The minimum Gasteiger partial charge on any atom is -0.373 e. The first kappa shape index (κ1) is 15.5. The molecule has 1 aromatic rings. The van der Waals surface area contributed by atoms with Crippen molar-refractivity contribution in [2.75, 3.05) is 37.9 Å². The van der Waals surface area contributed by atoms with Crippen LogP contribution in [0.15, 0.2) is 0 Å². The third-order valence-electron chi connectivity index (χ3n) is 3.92. The number of amides is 1. The van der Waals surface area contributed by atoms with E-state index in [1.165, 1.54) is 12.8 Å². The second-order valence-electron chi connectivity index (χ2n) is 5.80. The van der Waals surface area contributed by atoms with Gasteiger partial charge < -0.3 is 15.5 Å². The van der Waals surface area contributed by atoms with E-state index >= 15 is 0 Å². The Kier molecular flexibility index (Phi) is 4.65. The molecule has 1 fully saturated rings. The van der Waals surface area contributed by atoms with E-state index in [1.54, 1.807) is 7.05 Å². The molecule has 1 aliphatic carbocycles. The molecule has 0 aliphatic heterocycles. The average Bonchev–Trinajstić information content (AvgIpc) is 3.30. The fourth-order valence-electron chi connectivity index (χ4n) is 2.49. The molecule has 2 rings (SSSR count). The molecule has 21 heavy (non-hydrogen) atoms. The molecule has 0 saturated heterocycles. The van der Waals surface area contributed by atoms with Gasteiger partial charge in [0, 0.05) is 39.2 Å². The molecule has 1 unspecified atom stereocenters. The lowest BCUT2D eigenvalue weighted by Gasteiger charge is -2.24. The van der Waals surface area contributed by atoms with Gasteiger partial charge in [-0.15, -0.1) is 0 Å². The zero-order valence-electron chi connectivity index (χ0n) is 13.5. The lowest BCUT2D eigenvalue weighted by Crippen LogP contribution is -2.35. The number of anilines is 2. The van der Waals surface area contributed by atoms with E-state index in [9.17, 15) is 4.79 Å². The Labute approximate surface area is 126 Å². The van der Waals surface area contributed by atoms with Crippen molar-refractivity contribution in [2.45, 2.75) is 32.6 Å². The second kappa shape index (κ2) is 6.28. The van der Waals surface area contributed by atoms with Crippen molar-refractivity contribution in [3.05, 3.63) is 11.4 Å². The van der Waals surface area contributed by atoms with E-state index < -0.39 is 0 Å². The molecule has 0 radical (unpaired) electrons. The molecule has 0 aromatic carbocycles. The molecular weight excluding hydrogens is 266 g/mol. The maximum atomic E-state index is 11.7. The lowest BCUT2D eigenvalue weighted by atomic mass is 10.1. The highest BCUT2D eigenvalue weighted by molar-refractivity contribution is 5.78. The highest BCUT2D eigenvalue weighted by atomic mass is 16.1. The largest absolute Gasteiger partial charge is 0.373 e. The van der Waals surface area contributed by atoms with Crippen molar-refractivity contribution in [3.63, 3.8) is 0 Å².